The van der Waals surface area contributed by atoms with E-state index in [0.717, 1.165) is 26.2 Å². The van der Waals surface area contributed by atoms with E-state index in [1.165, 1.54) is 12.8 Å². The first kappa shape index (κ1) is 23.3. The summed E-state index contributed by atoms with van der Waals surface area (Å²) in [6.07, 6.45) is 0. The molecule has 1 unspecified atom stereocenters. The van der Waals surface area contributed by atoms with Gasteiger partial charge in [0.15, 0.2) is 5.78 Å². The maximum atomic E-state index is 13.5. The van der Waals surface area contributed by atoms with Crippen LogP contribution in [-0.4, -0.2) is 62.5 Å². The predicted octanol–water partition coefficient (Wildman–Crippen LogP) is 3.54. The van der Waals surface area contributed by atoms with Gasteiger partial charge in [-0.1, -0.05) is 48.5 Å². The number of para-hydroxylation sites is 1. The van der Waals surface area contributed by atoms with Crippen molar-refractivity contribution in [1.82, 2.24) is 4.90 Å². The smallest absolute Gasteiger partial charge is 0.340 e. The van der Waals surface area contributed by atoms with Crippen molar-refractivity contribution in [2.24, 2.45) is 0 Å². The molecule has 7 nitrogen and oxygen atoms in total. The maximum absolute atomic E-state index is 13.5. The van der Waals surface area contributed by atoms with E-state index in [2.05, 4.69) is 27.2 Å². The Balaban J connectivity index is 1.53. The SMILES string of the molecule is COC(=O)c1cc(N)ccc1NCC(C(=O)c1ccccc1)N1CCN(c2ccccc2)CC1. The Morgan fingerprint density at radius 1 is 0.941 bits per heavy atom. The van der Waals surface area contributed by atoms with E-state index in [1.54, 1.807) is 18.2 Å². The van der Waals surface area contributed by atoms with Crippen LogP contribution in [0.4, 0.5) is 17.1 Å². The monoisotopic (exact) mass is 458 g/mol. The second-order valence-electron chi connectivity index (χ2n) is 8.28. The topological polar surface area (TPSA) is 87.9 Å². The molecule has 0 bridgehead atoms. The van der Waals surface area contributed by atoms with Gasteiger partial charge in [0.25, 0.3) is 0 Å². The molecular formula is C27H30N4O3. The van der Waals surface area contributed by atoms with Crippen LogP contribution in [0.25, 0.3) is 0 Å². The number of hydrogen-bond donors (Lipinski definition) is 2. The van der Waals surface area contributed by atoms with Crippen molar-refractivity contribution in [2.45, 2.75) is 6.04 Å². The quantitative estimate of drug-likeness (QED) is 0.303. The number of nitrogens with zero attached hydrogens (tertiary/aromatic N) is 2. The van der Waals surface area contributed by atoms with Crippen molar-refractivity contribution in [3.63, 3.8) is 0 Å². The number of nitrogens with one attached hydrogen (secondary N) is 1. The normalized spacial score (nSPS) is 14.9. The fourth-order valence-electron chi connectivity index (χ4n) is 4.31. The summed E-state index contributed by atoms with van der Waals surface area (Å²) in [5.74, 6) is -0.423. The third-order valence-electron chi connectivity index (χ3n) is 6.17. The Morgan fingerprint density at radius 2 is 1.59 bits per heavy atom. The Bertz CT molecular complexity index is 1110. The molecule has 0 aliphatic carbocycles. The van der Waals surface area contributed by atoms with E-state index in [1.807, 2.05) is 48.5 Å². The minimum absolute atomic E-state index is 0.0522. The summed E-state index contributed by atoms with van der Waals surface area (Å²) < 4.78 is 4.91. The van der Waals surface area contributed by atoms with E-state index < -0.39 is 5.97 Å². The number of ketones is 1. The molecule has 3 N–H and O–H groups in total. The fraction of sp³-hybridized carbons (Fsp3) is 0.259. The molecule has 4 rings (SSSR count). The third-order valence-corrected chi connectivity index (χ3v) is 6.17. The largest absolute Gasteiger partial charge is 0.465 e. The van der Waals surface area contributed by atoms with Gasteiger partial charge in [0, 0.05) is 55.3 Å². The molecule has 1 atom stereocenters. The number of methoxy groups -OCH3 is 1. The fourth-order valence-corrected chi connectivity index (χ4v) is 4.31. The molecular weight excluding hydrogens is 428 g/mol. The van der Waals surface area contributed by atoms with Crippen LogP contribution < -0.4 is 16.0 Å². The first-order valence-electron chi connectivity index (χ1n) is 11.4. The lowest BCUT2D eigenvalue weighted by Gasteiger charge is -2.40. The zero-order chi connectivity index (χ0) is 23.9. The summed E-state index contributed by atoms with van der Waals surface area (Å²) >= 11 is 0. The third kappa shape index (κ3) is 5.38. The Morgan fingerprint density at radius 3 is 2.24 bits per heavy atom. The number of hydrogen-bond acceptors (Lipinski definition) is 7. The molecule has 7 heteroatoms. The predicted molar refractivity (Wildman–Crippen MR) is 135 cm³/mol. The lowest BCUT2D eigenvalue weighted by molar-refractivity contribution is 0.0601. The minimum Gasteiger partial charge on any atom is -0.465 e. The van der Waals surface area contributed by atoms with Gasteiger partial charge in [-0.2, -0.15) is 0 Å². The van der Waals surface area contributed by atoms with Crippen LogP contribution in [0.15, 0.2) is 78.9 Å². The van der Waals surface area contributed by atoms with E-state index in [9.17, 15) is 9.59 Å². The Kier molecular flexibility index (Phi) is 7.44. The summed E-state index contributed by atoms with van der Waals surface area (Å²) in [4.78, 5) is 30.4. The molecule has 0 aromatic heterocycles. The Hall–Kier alpha value is -3.84. The van der Waals surface area contributed by atoms with Crippen LogP contribution in [0.2, 0.25) is 0 Å². The van der Waals surface area contributed by atoms with Gasteiger partial charge >= 0.3 is 5.97 Å². The number of carbonyl (C=O) groups excluding carboxylic acids is 2. The molecule has 3 aromatic rings. The van der Waals surface area contributed by atoms with E-state index in [-0.39, 0.29) is 11.8 Å². The number of anilines is 3. The average Bonchev–Trinajstić information content (AvgIpc) is 2.90. The molecule has 1 aliphatic heterocycles. The van der Waals surface area contributed by atoms with Crippen molar-refractivity contribution in [3.05, 3.63) is 90.0 Å². The second kappa shape index (κ2) is 10.9. The maximum Gasteiger partial charge on any atom is 0.340 e. The Labute approximate surface area is 200 Å². The van der Waals surface area contributed by atoms with E-state index in [4.69, 9.17) is 10.5 Å². The molecule has 1 aliphatic rings. The number of esters is 1. The van der Waals surface area contributed by atoms with Crippen LogP contribution in [0.1, 0.15) is 20.7 Å². The first-order chi connectivity index (χ1) is 16.6. The molecule has 1 saturated heterocycles. The van der Waals surface area contributed by atoms with Crippen LogP contribution in [0.5, 0.6) is 0 Å². The number of ether oxygens (including phenoxy) is 1. The van der Waals surface area contributed by atoms with Crippen LogP contribution in [0, 0.1) is 0 Å². The summed E-state index contributed by atoms with van der Waals surface area (Å²) in [5, 5.41) is 3.31. The van der Waals surface area contributed by atoms with Crippen molar-refractivity contribution < 1.29 is 14.3 Å². The molecule has 0 saturated carbocycles. The number of rotatable bonds is 8. The molecule has 176 valence electrons. The lowest BCUT2D eigenvalue weighted by atomic mass is 10.0. The zero-order valence-corrected chi connectivity index (χ0v) is 19.3. The van der Waals surface area contributed by atoms with Gasteiger partial charge in [-0.3, -0.25) is 9.69 Å². The van der Waals surface area contributed by atoms with Gasteiger partial charge in [0.1, 0.15) is 0 Å². The summed E-state index contributed by atoms with van der Waals surface area (Å²) in [7, 11) is 1.34. The van der Waals surface area contributed by atoms with Gasteiger partial charge in [0.2, 0.25) is 0 Å². The highest BCUT2D eigenvalue weighted by molar-refractivity contribution is 6.01. The summed E-state index contributed by atoms with van der Waals surface area (Å²) in [6, 6.07) is 24.3. The van der Waals surface area contributed by atoms with Crippen molar-refractivity contribution in [1.29, 1.82) is 0 Å². The number of nitrogen functional groups attached to an aromatic ring is 1. The minimum atomic E-state index is -0.475. The number of carbonyl (C=O) groups is 2. The van der Waals surface area contributed by atoms with Gasteiger partial charge in [-0.25, -0.2) is 4.79 Å². The lowest BCUT2D eigenvalue weighted by Crippen LogP contribution is -2.55. The number of benzene rings is 3. The van der Waals surface area contributed by atoms with Crippen LogP contribution in [0.3, 0.4) is 0 Å². The molecule has 0 amide bonds. The highest BCUT2D eigenvalue weighted by Crippen LogP contribution is 2.22. The number of Topliss-reactive ketones (excluding diaryl/α,β-unsaturated/α-hetero) is 1. The molecule has 0 radical (unpaired) electrons. The van der Waals surface area contributed by atoms with E-state index >= 15 is 0 Å². The van der Waals surface area contributed by atoms with Gasteiger partial charge < -0.3 is 20.7 Å². The number of piperazine rings is 1. The molecule has 34 heavy (non-hydrogen) atoms. The van der Waals surface area contributed by atoms with Crippen LogP contribution in [-0.2, 0) is 4.74 Å². The van der Waals surface area contributed by atoms with Crippen LogP contribution >= 0.6 is 0 Å². The van der Waals surface area contributed by atoms with E-state index in [0.29, 0.717) is 29.0 Å². The number of nitrogens with two attached hydrogens (primary N) is 1. The van der Waals surface area contributed by atoms with Crippen molar-refractivity contribution in [3.8, 4) is 0 Å². The van der Waals surface area contributed by atoms with Crippen molar-refractivity contribution >= 4 is 28.8 Å². The summed E-state index contributed by atoms with van der Waals surface area (Å²) in [6.45, 7) is 3.53. The average molecular weight is 459 g/mol. The molecule has 3 aromatic carbocycles. The van der Waals surface area contributed by atoms with Gasteiger partial charge in [0.05, 0.1) is 18.7 Å². The molecule has 1 fully saturated rings. The first-order valence-corrected chi connectivity index (χ1v) is 11.4. The highest BCUT2D eigenvalue weighted by atomic mass is 16.5. The zero-order valence-electron chi connectivity index (χ0n) is 19.3. The van der Waals surface area contributed by atoms with Gasteiger partial charge in [-0.05, 0) is 30.3 Å². The molecule has 0 spiro atoms. The van der Waals surface area contributed by atoms with Gasteiger partial charge in [-0.15, -0.1) is 0 Å². The standard InChI is InChI=1S/C27H30N4O3/c1-34-27(33)23-18-21(28)12-13-24(23)29-19-25(26(32)20-8-4-2-5-9-20)31-16-14-30(15-17-31)22-10-6-3-7-11-22/h2-13,18,25,29H,14-17,19,28H2,1H3. The summed E-state index contributed by atoms with van der Waals surface area (Å²) in [5.41, 5.74) is 9.15. The second-order valence-corrected chi connectivity index (χ2v) is 8.28. The van der Waals surface area contributed by atoms with Crippen molar-refractivity contribution in [2.75, 3.05) is 55.8 Å². The highest BCUT2D eigenvalue weighted by Gasteiger charge is 2.30. The molecule has 1 heterocycles.